The van der Waals surface area contributed by atoms with E-state index in [2.05, 4.69) is 31.9 Å². The predicted molar refractivity (Wildman–Crippen MR) is 79.3 cm³/mol. The quantitative estimate of drug-likeness (QED) is 0.678. The van der Waals surface area contributed by atoms with Crippen LogP contribution < -0.4 is 4.74 Å². The van der Waals surface area contributed by atoms with Crippen LogP contribution in [0.2, 0.25) is 0 Å². The molecule has 0 N–H and O–H groups in total. The molecule has 1 saturated carbocycles. The summed E-state index contributed by atoms with van der Waals surface area (Å²) in [5.41, 5.74) is 0.636. The number of hydrogen-bond acceptors (Lipinski definition) is 2. The highest BCUT2D eigenvalue weighted by molar-refractivity contribution is 9.11. The summed E-state index contributed by atoms with van der Waals surface area (Å²) in [7, 11) is 0. The Balaban J connectivity index is 1.94. The molecule has 0 unspecified atom stereocenters. The molecular formula is C14H16Br2O2. The van der Waals surface area contributed by atoms with Gasteiger partial charge in [-0.15, -0.1) is 0 Å². The standard InChI is InChI=1S/C14H16Br2O2/c15-12-7-11(9-17)8-13(16)14(12)18-6-5-10-3-1-2-4-10/h7-10H,1-6H2. The lowest BCUT2D eigenvalue weighted by atomic mass is 10.1. The minimum atomic E-state index is 0.636. The molecular weight excluding hydrogens is 360 g/mol. The number of aldehydes is 1. The Morgan fingerprint density at radius 1 is 1.22 bits per heavy atom. The Hall–Kier alpha value is -0.350. The second kappa shape index (κ2) is 6.71. The Morgan fingerprint density at radius 3 is 2.39 bits per heavy atom. The van der Waals surface area contributed by atoms with E-state index in [0.717, 1.165) is 39.9 Å². The Bertz CT molecular complexity index is 403. The maximum absolute atomic E-state index is 10.7. The van der Waals surface area contributed by atoms with Crippen LogP contribution in [0.1, 0.15) is 42.5 Å². The van der Waals surface area contributed by atoms with Gasteiger partial charge in [-0.3, -0.25) is 4.79 Å². The first-order valence-corrected chi connectivity index (χ1v) is 7.86. The minimum Gasteiger partial charge on any atom is -0.491 e. The lowest BCUT2D eigenvalue weighted by molar-refractivity contribution is 0.112. The summed E-state index contributed by atoms with van der Waals surface area (Å²) in [6.45, 7) is 0.738. The molecule has 1 aliphatic rings. The normalized spacial score (nSPS) is 15.9. The second-order valence-corrected chi connectivity index (χ2v) is 6.43. The number of ether oxygens (including phenoxy) is 1. The molecule has 2 nitrogen and oxygen atoms in total. The molecule has 98 valence electrons. The van der Waals surface area contributed by atoms with E-state index in [9.17, 15) is 4.79 Å². The van der Waals surface area contributed by atoms with Gasteiger partial charge in [-0.25, -0.2) is 0 Å². The van der Waals surface area contributed by atoms with Crippen molar-refractivity contribution in [3.63, 3.8) is 0 Å². The zero-order valence-electron chi connectivity index (χ0n) is 10.1. The van der Waals surface area contributed by atoms with Gasteiger partial charge in [-0.05, 0) is 56.3 Å². The zero-order valence-corrected chi connectivity index (χ0v) is 13.3. The third kappa shape index (κ3) is 3.58. The van der Waals surface area contributed by atoms with E-state index in [1.54, 1.807) is 12.1 Å². The van der Waals surface area contributed by atoms with E-state index in [1.807, 2.05) is 0 Å². The highest BCUT2D eigenvalue weighted by Gasteiger charge is 2.15. The van der Waals surface area contributed by atoms with Crippen molar-refractivity contribution in [2.45, 2.75) is 32.1 Å². The summed E-state index contributed by atoms with van der Waals surface area (Å²) < 4.78 is 7.47. The fourth-order valence-electron chi connectivity index (χ4n) is 2.41. The van der Waals surface area contributed by atoms with Gasteiger partial charge in [0, 0.05) is 5.56 Å². The summed E-state index contributed by atoms with van der Waals surface area (Å²) in [6.07, 6.45) is 7.37. The maximum atomic E-state index is 10.7. The molecule has 18 heavy (non-hydrogen) atoms. The van der Waals surface area contributed by atoms with Crippen molar-refractivity contribution < 1.29 is 9.53 Å². The molecule has 0 spiro atoms. The van der Waals surface area contributed by atoms with Crippen LogP contribution in [-0.2, 0) is 0 Å². The van der Waals surface area contributed by atoms with E-state index < -0.39 is 0 Å². The number of halogens is 2. The molecule has 1 aromatic carbocycles. The number of hydrogen-bond donors (Lipinski definition) is 0. The molecule has 4 heteroatoms. The molecule has 1 fully saturated rings. The van der Waals surface area contributed by atoms with E-state index in [-0.39, 0.29) is 0 Å². The summed E-state index contributed by atoms with van der Waals surface area (Å²) in [6, 6.07) is 3.56. The Labute approximate surface area is 124 Å². The van der Waals surface area contributed by atoms with Crippen LogP contribution in [-0.4, -0.2) is 12.9 Å². The van der Waals surface area contributed by atoms with Crippen molar-refractivity contribution in [3.8, 4) is 5.75 Å². The third-order valence-electron chi connectivity index (χ3n) is 3.40. The molecule has 0 heterocycles. The van der Waals surface area contributed by atoms with E-state index in [4.69, 9.17) is 4.74 Å². The van der Waals surface area contributed by atoms with Gasteiger partial charge in [0.15, 0.2) is 0 Å². The molecule has 0 atom stereocenters. The van der Waals surface area contributed by atoms with Crippen LogP contribution in [0.5, 0.6) is 5.75 Å². The average Bonchev–Trinajstić information content (AvgIpc) is 2.85. The van der Waals surface area contributed by atoms with Crippen molar-refractivity contribution in [2.24, 2.45) is 5.92 Å². The van der Waals surface area contributed by atoms with Crippen molar-refractivity contribution in [3.05, 3.63) is 26.6 Å². The first kappa shape index (κ1) is 14.1. The first-order valence-electron chi connectivity index (χ1n) is 6.27. The van der Waals surface area contributed by atoms with Gasteiger partial charge in [-0.2, -0.15) is 0 Å². The van der Waals surface area contributed by atoms with Crippen molar-refractivity contribution in [1.82, 2.24) is 0 Å². The summed E-state index contributed by atoms with van der Waals surface area (Å²) in [5.74, 6) is 1.62. The Morgan fingerprint density at radius 2 is 1.83 bits per heavy atom. The monoisotopic (exact) mass is 374 g/mol. The highest BCUT2D eigenvalue weighted by Crippen LogP contribution is 2.35. The number of carbonyl (C=O) groups excluding carboxylic acids is 1. The summed E-state index contributed by atoms with van der Waals surface area (Å²) in [5, 5.41) is 0. The maximum Gasteiger partial charge on any atom is 0.150 e. The second-order valence-electron chi connectivity index (χ2n) is 4.72. The van der Waals surface area contributed by atoms with Crippen LogP contribution in [0.4, 0.5) is 0 Å². The third-order valence-corrected chi connectivity index (χ3v) is 4.58. The van der Waals surface area contributed by atoms with E-state index in [1.165, 1.54) is 25.7 Å². The van der Waals surface area contributed by atoms with Gasteiger partial charge >= 0.3 is 0 Å². The van der Waals surface area contributed by atoms with Gasteiger partial charge in [0.25, 0.3) is 0 Å². The smallest absolute Gasteiger partial charge is 0.150 e. The van der Waals surface area contributed by atoms with Crippen LogP contribution >= 0.6 is 31.9 Å². The minimum absolute atomic E-state index is 0.636. The first-order chi connectivity index (χ1) is 8.70. The van der Waals surface area contributed by atoms with Gasteiger partial charge in [0.2, 0.25) is 0 Å². The van der Waals surface area contributed by atoms with Gasteiger partial charge < -0.3 is 4.74 Å². The molecule has 0 saturated heterocycles. The zero-order chi connectivity index (χ0) is 13.0. The van der Waals surface area contributed by atoms with Gasteiger partial charge in [0.05, 0.1) is 15.6 Å². The fourth-order valence-corrected chi connectivity index (χ4v) is 3.86. The van der Waals surface area contributed by atoms with Crippen molar-refractivity contribution >= 4 is 38.1 Å². The molecule has 0 bridgehead atoms. The largest absolute Gasteiger partial charge is 0.491 e. The van der Waals surface area contributed by atoms with Crippen molar-refractivity contribution in [2.75, 3.05) is 6.61 Å². The SMILES string of the molecule is O=Cc1cc(Br)c(OCCC2CCCC2)c(Br)c1. The van der Waals surface area contributed by atoms with Crippen molar-refractivity contribution in [1.29, 1.82) is 0 Å². The van der Waals surface area contributed by atoms with Crippen LogP contribution in [0, 0.1) is 5.92 Å². The van der Waals surface area contributed by atoms with E-state index >= 15 is 0 Å². The number of rotatable bonds is 5. The molecule has 1 aromatic rings. The Kier molecular flexibility index (Phi) is 5.25. The highest BCUT2D eigenvalue weighted by atomic mass is 79.9. The molecule has 0 aromatic heterocycles. The van der Waals surface area contributed by atoms with Gasteiger partial charge in [0.1, 0.15) is 12.0 Å². The topological polar surface area (TPSA) is 26.3 Å². The summed E-state index contributed by atoms with van der Waals surface area (Å²) in [4.78, 5) is 10.7. The predicted octanol–water partition coefficient (Wildman–Crippen LogP) is 4.98. The molecule has 0 radical (unpaired) electrons. The number of benzene rings is 1. The molecule has 0 amide bonds. The van der Waals surface area contributed by atoms with Crippen LogP contribution in [0.3, 0.4) is 0 Å². The fraction of sp³-hybridized carbons (Fsp3) is 0.500. The summed E-state index contributed by atoms with van der Waals surface area (Å²) >= 11 is 6.88. The molecule has 2 rings (SSSR count). The van der Waals surface area contributed by atoms with Gasteiger partial charge in [-0.1, -0.05) is 25.7 Å². The lowest BCUT2D eigenvalue weighted by Crippen LogP contribution is -2.04. The van der Waals surface area contributed by atoms with Crippen LogP contribution in [0.25, 0.3) is 0 Å². The number of carbonyl (C=O) groups is 1. The molecule has 1 aliphatic carbocycles. The average molecular weight is 376 g/mol. The lowest BCUT2D eigenvalue weighted by Gasteiger charge is -2.13. The van der Waals surface area contributed by atoms with E-state index in [0.29, 0.717) is 5.56 Å². The molecule has 0 aliphatic heterocycles. The van der Waals surface area contributed by atoms with Crippen LogP contribution in [0.15, 0.2) is 21.1 Å².